The van der Waals surface area contributed by atoms with Crippen molar-refractivity contribution in [3.8, 4) is 0 Å². The number of aromatic nitrogens is 1. The van der Waals surface area contributed by atoms with Gasteiger partial charge in [-0.3, -0.25) is 4.99 Å². The summed E-state index contributed by atoms with van der Waals surface area (Å²) < 4.78 is 0. The summed E-state index contributed by atoms with van der Waals surface area (Å²) in [6.45, 7) is 12.1. The van der Waals surface area contributed by atoms with Gasteiger partial charge in [0.25, 0.3) is 0 Å². The van der Waals surface area contributed by atoms with E-state index in [-0.39, 0.29) is 29.4 Å². The third-order valence-electron chi connectivity index (χ3n) is 4.11. The van der Waals surface area contributed by atoms with Gasteiger partial charge in [-0.15, -0.1) is 35.3 Å². The standard InChI is InChI=1S/C17H30N4S.HI/c1-13-7-6-10-21(11-13)16(18-5)19-9-8-15-20-14(12-22-15)17(2,3)4;/h12-13H,6-11H2,1-5H3,(H,18,19);1H. The first kappa shape index (κ1) is 20.7. The minimum Gasteiger partial charge on any atom is -0.356 e. The van der Waals surface area contributed by atoms with Crippen LogP contribution in [0.25, 0.3) is 0 Å². The summed E-state index contributed by atoms with van der Waals surface area (Å²) in [6, 6.07) is 0. The minimum absolute atomic E-state index is 0. The number of likely N-dealkylation sites (tertiary alicyclic amines) is 1. The minimum atomic E-state index is 0. The molecule has 1 aromatic rings. The van der Waals surface area contributed by atoms with Crippen LogP contribution in [0, 0.1) is 5.92 Å². The summed E-state index contributed by atoms with van der Waals surface area (Å²) in [5, 5.41) is 6.90. The van der Waals surface area contributed by atoms with Crippen molar-refractivity contribution in [3.05, 3.63) is 16.1 Å². The average molecular weight is 450 g/mol. The zero-order valence-corrected chi connectivity index (χ0v) is 18.2. The molecular weight excluding hydrogens is 419 g/mol. The van der Waals surface area contributed by atoms with Crippen molar-refractivity contribution in [3.63, 3.8) is 0 Å². The highest BCUT2D eigenvalue weighted by Gasteiger charge is 2.19. The molecular formula is C17H31IN4S. The van der Waals surface area contributed by atoms with Crippen LogP contribution in [0.2, 0.25) is 0 Å². The van der Waals surface area contributed by atoms with E-state index in [1.807, 2.05) is 7.05 Å². The van der Waals surface area contributed by atoms with E-state index in [0.717, 1.165) is 37.9 Å². The van der Waals surface area contributed by atoms with Gasteiger partial charge in [0.1, 0.15) is 0 Å². The van der Waals surface area contributed by atoms with Crippen molar-refractivity contribution in [2.75, 3.05) is 26.7 Å². The SMILES string of the molecule is CN=C(NCCc1nc(C(C)(C)C)cs1)N1CCCC(C)C1.I. The van der Waals surface area contributed by atoms with E-state index in [0.29, 0.717) is 0 Å². The van der Waals surface area contributed by atoms with Crippen molar-refractivity contribution in [2.24, 2.45) is 10.9 Å². The molecule has 0 amide bonds. The van der Waals surface area contributed by atoms with Crippen molar-refractivity contribution in [1.29, 1.82) is 0 Å². The highest BCUT2D eigenvalue weighted by atomic mass is 127. The second kappa shape index (κ2) is 9.20. The van der Waals surface area contributed by atoms with Crippen LogP contribution in [0.4, 0.5) is 0 Å². The number of hydrogen-bond donors (Lipinski definition) is 1. The molecule has 0 radical (unpaired) electrons. The fraction of sp³-hybridized carbons (Fsp3) is 0.765. The molecule has 23 heavy (non-hydrogen) atoms. The zero-order valence-electron chi connectivity index (χ0n) is 15.1. The predicted octanol–water partition coefficient (Wildman–Crippen LogP) is 3.91. The Morgan fingerprint density at radius 2 is 2.22 bits per heavy atom. The van der Waals surface area contributed by atoms with Crippen LogP contribution in [0.3, 0.4) is 0 Å². The molecule has 1 N–H and O–H groups in total. The third-order valence-corrected chi connectivity index (χ3v) is 5.02. The average Bonchev–Trinajstić information content (AvgIpc) is 2.92. The molecule has 0 aromatic carbocycles. The van der Waals surface area contributed by atoms with Crippen LogP contribution in [0.15, 0.2) is 10.4 Å². The molecule has 0 bridgehead atoms. The molecule has 1 aliphatic rings. The lowest BCUT2D eigenvalue weighted by molar-refractivity contribution is 0.266. The Balaban J connectivity index is 0.00000264. The van der Waals surface area contributed by atoms with Crippen molar-refractivity contribution in [2.45, 2.75) is 52.4 Å². The summed E-state index contributed by atoms with van der Waals surface area (Å²) in [6.07, 6.45) is 3.56. The van der Waals surface area contributed by atoms with Gasteiger partial charge in [0.05, 0.1) is 10.7 Å². The summed E-state index contributed by atoms with van der Waals surface area (Å²) in [4.78, 5) is 11.6. The predicted molar refractivity (Wildman–Crippen MR) is 111 cm³/mol. The summed E-state index contributed by atoms with van der Waals surface area (Å²) in [5.74, 6) is 1.81. The van der Waals surface area contributed by atoms with Crippen LogP contribution < -0.4 is 5.32 Å². The van der Waals surface area contributed by atoms with Crippen LogP contribution >= 0.6 is 35.3 Å². The van der Waals surface area contributed by atoms with Gasteiger partial charge < -0.3 is 10.2 Å². The lowest BCUT2D eigenvalue weighted by Gasteiger charge is -2.33. The van der Waals surface area contributed by atoms with Gasteiger partial charge >= 0.3 is 0 Å². The number of rotatable bonds is 3. The molecule has 6 heteroatoms. The molecule has 2 heterocycles. The quantitative estimate of drug-likeness (QED) is 0.431. The van der Waals surface area contributed by atoms with E-state index in [2.05, 4.69) is 48.3 Å². The molecule has 2 rings (SSSR count). The molecule has 4 nitrogen and oxygen atoms in total. The van der Waals surface area contributed by atoms with Gasteiger partial charge in [-0.25, -0.2) is 4.98 Å². The van der Waals surface area contributed by atoms with Gasteiger partial charge in [-0.05, 0) is 18.8 Å². The summed E-state index contributed by atoms with van der Waals surface area (Å²) in [7, 11) is 1.88. The number of thiazole rings is 1. The summed E-state index contributed by atoms with van der Waals surface area (Å²) in [5.41, 5.74) is 1.34. The highest BCUT2D eigenvalue weighted by molar-refractivity contribution is 14.0. The van der Waals surface area contributed by atoms with Gasteiger partial charge in [-0.1, -0.05) is 27.7 Å². The molecule has 0 aliphatic carbocycles. The van der Waals surface area contributed by atoms with Crippen LogP contribution in [0.5, 0.6) is 0 Å². The molecule has 0 spiro atoms. The van der Waals surface area contributed by atoms with Crippen LogP contribution in [-0.4, -0.2) is 42.5 Å². The molecule has 0 saturated carbocycles. The summed E-state index contributed by atoms with van der Waals surface area (Å²) >= 11 is 1.77. The van der Waals surface area contributed by atoms with Crippen molar-refractivity contribution < 1.29 is 0 Å². The fourth-order valence-electron chi connectivity index (χ4n) is 2.77. The second-order valence-corrected chi connectivity index (χ2v) is 8.24. The first-order chi connectivity index (χ1) is 10.4. The van der Waals surface area contributed by atoms with E-state index in [1.54, 1.807) is 11.3 Å². The normalized spacial score (nSPS) is 19.4. The Kier molecular flexibility index (Phi) is 8.27. The Labute approximate surface area is 162 Å². The molecule has 1 aliphatic heterocycles. The maximum atomic E-state index is 4.75. The number of aliphatic imine (C=N–C) groups is 1. The third kappa shape index (κ3) is 6.21. The van der Waals surface area contributed by atoms with Crippen molar-refractivity contribution >= 4 is 41.3 Å². The molecule has 1 fully saturated rings. The largest absolute Gasteiger partial charge is 0.356 e. The fourth-order valence-corrected chi connectivity index (χ4v) is 3.79. The Hall–Kier alpha value is -0.370. The second-order valence-electron chi connectivity index (χ2n) is 7.29. The number of nitrogens with one attached hydrogen (secondary N) is 1. The zero-order chi connectivity index (χ0) is 16.2. The topological polar surface area (TPSA) is 40.5 Å². The monoisotopic (exact) mass is 450 g/mol. The van der Waals surface area contributed by atoms with E-state index < -0.39 is 0 Å². The Morgan fingerprint density at radius 1 is 1.48 bits per heavy atom. The number of guanidine groups is 1. The number of hydrogen-bond acceptors (Lipinski definition) is 3. The molecule has 1 unspecified atom stereocenters. The molecule has 132 valence electrons. The van der Waals surface area contributed by atoms with E-state index in [1.165, 1.54) is 23.5 Å². The van der Waals surface area contributed by atoms with Gasteiger partial charge in [-0.2, -0.15) is 0 Å². The van der Waals surface area contributed by atoms with Crippen LogP contribution in [0.1, 0.15) is 51.2 Å². The smallest absolute Gasteiger partial charge is 0.193 e. The van der Waals surface area contributed by atoms with E-state index in [4.69, 9.17) is 4.98 Å². The lowest BCUT2D eigenvalue weighted by atomic mass is 9.93. The first-order valence-electron chi connectivity index (χ1n) is 8.30. The van der Waals surface area contributed by atoms with E-state index in [9.17, 15) is 0 Å². The molecule has 1 saturated heterocycles. The molecule has 1 aromatic heterocycles. The van der Waals surface area contributed by atoms with Gasteiger partial charge in [0.15, 0.2) is 5.96 Å². The number of halogens is 1. The highest BCUT2D eigenvalue weighted by Crippen LogP contribution is 2.24. The van der Waals surface area contributed by atoms with Gasteiger partial charge in [0, 0.05) is 43.9 Å². The van der Waals surface area contributed by atoms with Crippen molar-refractivity contribution in [1.82, 2.24) is 15.2 Å². The van der Waals surface area contributed by atoms with Crippen LogP contribution in [-0.2, 0) is 11.8 Å². The maximum Gasteiger partial charge on any atom is 0.193 e. The Bertz CT molecular complexity index is 507. The number of nitrogens with zero attached hydrogens (tertiary/aromatic N) is 3. The van der Waals surface area contributed by atoms with E-state index >= 15 is 0 Å². The number of piperidine rings is 1. The van der Waals surface area contributed by atoms with Gasteiger partial charge in [0.2, 0.25) is 0 Å². The lowest BCUT2D eigenvalue weighted by Crippen LogP contribution is -2.46. The first-order valence-corrected chi connectivity index (χ1v) is 9.18. The Morgan fingerprint density at radius 3 is 2.78 bits per heavy atom. The maximum absolute atomic E-state index is 4.75. The molecule has 1 atom stereocenters.